The van der Waals surface area contributed by atoms with Gasteiger partial charge in [0.25, 0.3) is 0 Å². The summed E-state index contributed by atoms with van der Waals surface area (Å²) < 4.78 is 5.47. The quantitative estimate of drug-likeness (QED) is 0.846. The summed E-state index contributed by atoms with van der Waals surface area (Å²) >= 11 is 0. The van der Waals surface area contributed by atoms with E-state index in [1.54, 1.807) is 0 Å². The molecule has 0 radical (unpaired) electrons. The Morgan fingerprint density at radius 2 is 2.00 bits per heavy atom. The first-order chi connectivity index (χ1) is 10.3. The molecule has 21 heavy (non-hydrogen) atoms. The van der Waals surface area contributed by atoms with E-state index < -0.39 is 0 Å². The molecule has 1 atom stereocenters. The van der Waals surface area contributed by atoms with E-state index in [-0.39, 0.29) is 12.1 Å². The van der Waals surface area contributed by atoms with Crippen LogP contribution in [0.1, 0.15) is 47.7 Å². The lowest BCUT2D eigenvalue weighted by Gasteiger charge is -2.31. The molecule has 0 bridgehead atoms. The number of ether oxygens (including phenoxy) is 1. The molecule has 0 saturated carbocycles. The van der Waals surface area contributed by atoms with E-state index in [9.17, 15) is 4.79 Å². The Labute approximate surface area is 125 Å². The van der Waals surface area contributed by atoms with Crippen LogP contribution < -0.4 is 0 Å². The van der Waals surface area contributed by atoms with Crippen molar-refractivity contribution >= 4 is 5.97 Å². The number of hydrogen-bond donors (Lipinski definition) is 1. The number of likely N-dealkylation sites (tertiary alicyclic amines) is 1. The van der Waals surface area contributed by atoms with Gasteiger partial charge in [-0.25, -0.2) is 4.79 Å². The maximum absolute atomic E-state index is 11.8. The zero-order valence-corrected chi connectivity index (χ0v) is 12.3. The number of fused-ring (bicyclic) bond motifs is 1. The lowest BCUT2D eigenvalue weighted by atomic mass is 9.97. The molecular formula is C17H23NO3. The third-order valence-corrected chi connectivity index (χ3v) is 4.68. The monoisotopic (exact) mass is 289 g/mol. The molecule has 2 aliphatic heterocycles. The van der Waals surface area contributed by atoms with Crippen molar-refractivity contribution in [2.75, 3.05) is 26.2 Å². The van der Waals surface area contributed by atoms with Crippen molar-refractivity contribution in [3.8, 4) is 0 Å². The van der Waals surface area contributed by atoms with Gasteiger partial charge in [-0.2, -0.15) is 0 Å². The number of benzene rings is 1. The van der Waals surface area contributed by atoms with Crippen LogP contribution in [-0.2, 0) is 4.74 Å². The Balaban J connectivity index is 1.46. The van der Waals surface area contributed by atoms with E-state index >= 15 is 0 Å². The number of carbonyl (C=O) groups is 1. The highest BCUT2D eigenvalue weighted by atomic mass is 16.5. The second-order valence-corrected chi connectivity index (χ2v) is 6.09. The van der Waals surface area contributed by atoms with Crippen LogP contribution in [0.3, 0.4) is 0 Å². The van der Waals surface area contributed by atoms with Crippen LogP contribution in [0.25, 0.3) is 0 Å². The lowest BCUT2D eigenvalue weighted by molar-refractivity contribution is 0.0354. The van der Waals surface area contributed by atoms with E-state index in [0.717, 1.165) is 56.4 Å². The maximum Gasteiger partial charge on any atom is 0.339 e. The first kappa shape index (κ1) is 14.5. The molecule has 2 aliphatic rings. The van der Waals surface area contributed by atoms with E-state index in [4.69, 9.17) is 9.84 Å². The van der Waals surface area contributed by atoms with E-state index in [0.29, 0.717) is 12.5 Å². The molecule has 0 amide bonds. The maximum atomic E-state index is 11.8. The smallest absolute Gasteiger partial charge is 0.339 e. The van der Waals surface area contributed by atoms with Gasteiger partial charge in [0.1, 0.15) is 6.10 Å². The summed E-state index contributed by atoms with van der Waals surface area (Å²) in [5, 5.41) is 9.15. The molecule has 4 heteroatoms. The topological polar surface area (TPSA) is 49.8 Å². The minimum absolute atomic E-state index is 0.0660. The molecule has 3 rings (SSSR count). The molecule has 4 nitrogen and oxygen atoms in total. The van der Waals surface area contributed by atoms with Crippen LogP contribution >= 0.6 is 0 Å². The van der Waals surface area contributed by atoms with Crippen LogP contribution in [0, 0.1) is 5.92 Å². The second kappa shape index (κ2) is 6.58. The Hall–Kier alpha value is -1.39. The molecule has 2 heterocycles. The first-order valence-electron chi connectivity index (χ1n) is 7.91. The molecule has 1 N–H and O–H groups in total. The summed E-state index contributed by atoms with van der Waals surface area (Å²) in [6, 6.07) is 7.69. The minimum atomic E-state index is -0.181. The molecular weight excluding hydrogens is 266 g/mol. The summed E-state index contributed by atoms with van der Waals surface area (Å²) in [6.07, 6.45) is 4.05. The number of esters is 1. The van der Waals surface area contributed by atoms with Crippen LogP contribution in [-0.4, -0.2) is 42.2 Å². The Morgan fingerprint density at radius 3 is 2.76 bits per heavy atom. The predicted molar refractivity (Wildman–Crippen MR) is 80.1 cm³/mol. The zero-order chi connectivity index (χ0) is 14.7. The Bertz CT molecular complexity index is 495. The van der Waals surface area contributed by atoms with Crippen molar-refractivity contribution < 1.29 is 14.6 Å². The van der Waals surface area contributed by atoms with Gasteiger partial charge in [0.2, 0.25) is 0 Å². The van der Waals surface area contributed by atoms with Crippen LogP contribution in [0.4, 0.5) is 0 Å². The van der Waals surface area contributed by atoms with Crippen LogP contribution in [0.2, 0.25) is 0 Å². The molecule has 0 aliphatic carbocycles. The average Bonchev–Trinajstić information content (AvgIpc) is 2.85. The van der Waals surface area contributed by atoms with Crippen LogP contribution in [0.15, 0.2) is 24.3 Å². The third-order valence-electron chi connectivity index (χ3n) is 4.68. The number of piperidine rings is 1. The summed E-state index contributed by atoms with van der Waals surface area (Å²) in [5.41, 5.74) is 1.77. The van der Waals surface area contributed by atoms with Crippen molar-refractivity contribution in [1.82, 2.24) is 4.90 Å². The van der Waals surface area contributed by atoms with Crippen molar-refractivity contribution in [2.24, 2.45) is 5.92 Å². The predicted octanol–water partition coefficient (Wildman–Crippen LogP) is 2.38. The van der Waals surface area contributed by atoms with Gasteiger partial charge in [-0.15, -0.1) is 0 Å². The largest absolute Gasteiger partial charge is 0.454 e. The summed E-state index contributed by atoms with van der Waals surface area (Å²) in [7, 11) is 0. The van der Waals surface area contributed by atoms with Crippen molar-refractivity contribution in [2.45, 2.75) is 31.8 Å². The van der Waals surface area contributed by atoms with Gasteiger partial charge in [-0.3, -0.25) is 0 Å². The number of nitrogens with zero attached hydrogens (tertiary/aromatic N) is 1. The third kappa shape index (κ3) is 3.27. The highest BCUT2D eigenvalue weighted by Gasteiger charge is 2.30. The summed E-state index contributed by atoms with van der Waals surface area (Å²) in [6.45, 7) is 3.52. The van der Waals surface area contributed by atoms with Gasteiger partial charge in [-0.1, -0.05) is 18.2 Å². The molecule has 1 unspecified atom stereocenters. The van der Waals surface area contributed by atoms with Gasteiger partial charge in [0.05, 0.1) is 5.56 Å². The number of hydrogen-bond acceptors (Lipinski definition) is 4. The van der Waals surface area contributed by atoms with Crippen LogP contribution in [0.5, 0.6) is 0 Å². The molecule has 0 spiro atoms. The van der Waals surface area contributed by atoms with Gasteiger partial charge in [0.15, 0.2) is 0 Å². The number of cyclic esters (lactones) is 1. The Kier molecular flexibility index (Phi) is 4.56. The van der Waals surface area contributed by atoms with Gasteiger partial charge in [-0.05, 0) is 57.3 Å². The summed E-state index contributed by atoms with van der Waals surface area (Å²) in [4.78, 5) is 14.2. The fraction of sp³-hybridized carbons (Fsp3) is 0.588. The highest BCUT2D eigenvalue weighted by Crippen LogP contribution is 2.33. The van der Waals surface area contributed by atoms with Gasteiger partial charge >= 0.3 is 5.97 Å². The van der Waals surface area contributed by atoms with Gasteiger partial charge < -0.3 is 14.7 Å². The number of rotatable bonds is 5. The molecule has 1 fully saturated rings. The molecule has 1 aromatic carbocycles. The minimum Gasteiger partial charge on any atom is -0.454 e. The molecule has 1 saturated heterocycles. The first-order valence-corrected chi connectivity index (χ1v) is 7.91. The SMILES string of the molecule is O=C1OC(CCCN2CCC(CO)CC2)c2ccccc21. The number of aliphatic hydroxyl groups is 1. The normalized spacial score (nSPS) is 23.1. The fourth-order valence-electron chi connectivity index (χ4n) is 3.33. The standard InChI is InChI=1S/C17H23NO3/c19-12-13-7-10-18(11-8-13)9-3-6-16-14-4-1-2-5-15(14)17(20)21-16/h1-2,4-5,13,16,19H,3,6-12H2. The highest BCUT2D eigenvalue weighted by molar-refractivity contribution is 5.93. The van der Waals surface area contributed by atoms with E-state index in [1.807, 2.05) is 24.3 Å². The zero-order valence-electron chi connectivity index (χ0n) is 12.3. The fourth-order valence-corrected chi connectivity index (χ4v) is 3.33. The van der Waals surface area contributed by atoms with E-state index in [2.05, 4.69) is 4.90 Å². The number of carbonyl (C=O) groups excluding carboxylic acids is 1. The lowest BCUT2D eigenvalue weighted by Crippen LogP contribution is -2.35. The molecule has 1 aromatic rings. The van der Waals surface area contributed by atoms with Crippen molar-refractivity contribution in [3.63, 3.8) is 0 Å². The number of aliphatic hydroxyl groups excluding tert-OH is 1. The van der Waals surface area contributed by atoms with Crippen molar-refractivity contribution in [3.05, 3.63) is 35.4 Å². The Morgan fingerprint density at radius 1 is 1.24 bits per heavy atom. The molecule has 0 aromatic heterocycles. The summed E-state index contributed by atoms with van der Waals surface area (Å²) in [5.74, 6) is 0.309. The van der Waals surface area contributed by atoms with E-state index in [1.165, 1.54) is 0 Å². The average molecular weight is 289 g/mol. The van der Waals surface area contributed by atoms with Gasteiger partial charge in [0, 0.05) is 12.2 Å². The molecule has 114 valence electrons. The second-order valence-electron chi connectivity index (χ2n) is 6.09. The van der Waals surface area contributed by atoms with Crippen molar-refractivity contribution in [1.29, 1.82) is 0 Å².